The number of aromatic nitrogens is 2. The molecule has 2 heterocycles. The number of nitrogens with two attached hydrogens (primary N) is 1. The molecule has 14 heavy (non-hydrogen) atoms. The van der Waals surface area contributed by atoms with Gasteiger partial charge >= 0.3 is 0 Å². The first-order valence-corrected chi connectivity index (χ1v) is 5.63. The first-order chi connectivity index (χ1) is 6.81. The summed E-state index contributed by atoms with van der Waals surface area (Å²) >= 11 is 2.84. The molecule has 0 spiro atoms. The first kappa shape index (κ1) is 9.57. The van der Waals surface area contributed by atoms with E-state index in [1.54, 1.807) is 7.11 Å². The molecule has 6 heteroatoms. The third kappa shape index (κ3) is 1.77. The highest BCUT2D eigenvalue weighted by atomic mass is 32.1. The molecule has 0 aliphatic rings. The summed E-state index contributed by atoms with van der Waals surface area (Å²) in [6.45, 7) is 0. The van der Waals surface area contributed by atoms with Crippen LogP contribution in [0, 0.1) is 0 Å². The van der Waals surface area contributed by atoms with Crippen molar-refractivity contribution >= 4 is 22.9 Å². The van der Waals surface area contributed by atoms with Crippen LogP contribution >= 0.6 is 22.9 Å². The Kier molecular flexibility index (Phi) is 2.76. The van der Waals surface area contributed by atoms with Crippen LogP contribution < -0.4 is 10.5 Å². The van der Waals surface area contributed by atoms with Gasteiger partial charge in [0.2, 0.25) is 0 Å². The zero-order valence-electron chi connectivity index (χ0n) is 7.51. The van der Waals surface area contributed by atoms with Gasteiger partial charge in [-0.2, -0.15) is 0 Å². The molecule has 0 amide bonds. The molecule has 74 valence electrons. The highest BCUT2D eigenvalue weighted by Crippen LogP contribution is 2.30. The lowest BCUT2D eigenvalue weighted by Crippen LogP contribution is -2.10. The summed E-state index contributed by atoms with van der Waals surface area (Å²) in [5.41, 5.74) is 6.79. The van der Waals surface area contributed by atoms with Crippen molar-refractivity contribution in [3.63, 3.8) is 0 Å². The molecule has 0 fully saturated rings. The Hall–Kier alpha value is -0.980. The SMILES string of the molecule is COc1ccc(C(N)c2csnn2)s1. The van der Waals surface area contributed by atoms with Gasteiger partial charge in [-0.15, -0.1) is 16.4 Å². The van der Waals surface area contributed by atoms with Gasteiger partial charge in [-0.05, 0) is 23.7 Å². The standard InChI is InChI=1S/C8H9N3OS2/c1-12-7-3-2-6(14-7)8(9)5-4-13-11-10-5/h2-4,8H,9H2,1H3. The van der Waals surface area contributed by atoms with Crippen LogP contribution in [0.5, 0.6) is 5.06 Å². The lowest BCUT2D eigenvalue weighted by Gasteiger charge is -2.03. The van der Waals surface area contributed by atoms with Gasteiger partial charge < -0.3 is 10.5 Å². The fourth-order valence-corrected chi connectivity index (χ4v) is 2.39. The van der Waals surface area contributed by atoms with E-state index in [4.69, 9.17) is 10.5 Å². The molecule has 4 nitrogen and oxygen atoms in total. The van der Waals surface area contributed by atoms with Crippen LogP contribution in [-0.2, 0) is 0 Å². The fraction of sp³-hybridized carbons (Fsp3) is 0.250. The van der Waals surface area contributed by atoms with Gasteiger partial charge in [0.25, 0.3) is 0 Å². The minimum Gasteiger partial charge on any atom is -0.487 e. The van der Waals surface area contributed by atoms with Gasteiger partial charge in [-0.3, -0.25) is 0 Å². The van der Waals surface area contributed by atoms with Crippen molar-refractivity contribution in [2.45, 2.75) is 6.04 Å². The van der Waals surface area contributed by atoms with E-state index in [0.717, 1.165) is 15.6 Å². The van der Waals surface area contributed by atoms with E-state index in [0.29, 0.717) is 0 Å². The van der Waals surface area contributed by atoms with Crippen molar-refractivity contribution < 1.29 is 4.74 Å². The van der Waals surface area contributed by atoms with Crippen molar-refractivity contribution in [1.29, 1.82) is 0 Å². The second-order valence-electron chi connectivity index (χ2n) is 2.67. The molecular formula is C8H9N3OS2. The molecule has 0 saturated heterocycles. The number of methoxy groups -OCH3 is 1. The van der Waals surface area contributed by atoms with E-state index in [1.165, 1.54) is 22.9 Å². The number of hydrogen-bond donors (Lipinski definition) is 1. The van der Waals surface area contributed by atoms with E-state index in [-0.39, 0.29) is 6.04 Å². The van der Waals surface area contributed by atoms with E-state index < -0.39 is 0 Å². The summed E-state index contributed by atoms with van der Waals surface area (Å²) in [5.74, 6) is 0. The van der Waals surface area contributed by atoms with Crippen molar-refractivity contribution in [2.24, 2.45) is 5.73 Å². The maximum atomic E-state index is 5.99. The van der Waals surface area contributed by atoms with Crippen LogP contribution in [-0.4, -0.2) is 16.7 Å². The van der Waals surface area contributed by atoms with Crippen molar-refractivity contribution in [3.8, 4) is 5.06 Å². The van der Waals surface area contributed by atoms with Gasteiger partial charge in [0.05, 0.1) is 18.8 Å². The topological polar surface area (TPSA) is 61.0 Å². The maximum absolute atomic E-state index is 5.99. The minimum absolute atomic E-state index is 0.192. The Labute approximate surface area is 89.5 Å². The predicted octanol–water partition coefficient (Wildman–Crippen LogP) is 1.66. The smallest absolute Gasteiger partial charge is 0.173 e. The average Bonchev–Trinajstić information content (AvgIpc) is 2.88. The normalized spacial score (nSPS) is 12.7. The van der Waals surface area contributed by atoms with Crippen molar-refractivity contribution in [3.05, 3.63) is 28.1 Å². The second kappa shape index (κ2) is 4.04. The van der Waals surface area contributed by atoms with E-state index >= 15 is 0 Å². The van der Waals surface area contributed by atoms with E-state index in [9.17, 15) is 0 Å². The highest BCUT2D eigenvalue weighted by molar-refractivity contribution is 7.14. The fourth-order valence-electron chi connectivity index (χ4n) is 1.06. The molecule has 2 aromatic heterocycles. The molecule has 0 aromatic carbocycles. The minimum atomic E-state index is -0.192. The van der Waals surface area contributed by atoms with Crippen LogP contribution in [0.2, 0.25) is 0 Å². The summed E-state index contributed by atoms with van der Waals surface area (Å²) in [4.78, 5) is 1.04. The highest BCUT2D eigenvalue weighted by Gasteiger charge is 2.14. The van der Waals surface area contributed by atoms with E-state index in [2.05, 4.69) is 9.59 Å². The Morgan fingerprint density at radius 1 is 1.50 bits per heavy atom. The van der Waals surface area contributed by atoms with Crippen LogP contribution in [0.4, 0.5) is 0 Å². The zero-order valence-corrected chi connectivity index (χ0v) is 9.14. The van der Waals surface area contributed by atoms with Crippen LogP contribution in [0.3, 0.4) is 0 Å². The number of hydrogen-bond acceptors (Lipinski definition) is 6. The predicted molar refractivity (Wildman–Crippen MR) is 56.8 cm³/mol. The third-order valence-electron chi connectivity index (χ3n) is 1.81. The molecule has 1 unspecified atom stereocenters. The van der Waals surface area contributed by atoms with Gasteiger partial charge in [-0.1, -0.05) is 4.49 Å². The van der Waals surface area contributed by atoms with Crippen LogP contribution in [0.25, 0.3) is 0 Å². The lowest BCUT2D eigenvalue weighted by atomic mass is 10.2. The van der Waals surface area contributed by atoms with E-state index in [1.807, 2.05) is 17.5 Å². The Balaban J connectivity index is 2.23. The zero-order chi connectivity index (χ0) is 9.97. The summed E-state index contributed by atoms with van der Waals surface area (Å²) < 4.78 is 8.87. The van der Waals surface area contributed by atoms with Crippen molar-refractivity contribution in [1.82, 2.24) is 9.59 Å². The molecule has 2 aromatic rings. The Bertz CT molecular complexity index is 398. The molecule has 2 N–H and O–H groups in total. The summed E-state index contributed by atoms with van der Waals surface area (Å²) in [6.07, 6.45) is 0. The van der Waals surface area contributed by atoms with Gasteiger partial charge in [-0.25, -0.2) is 0 Å². The first-order valence-electron chi connectivity index (χ1n) is 3.97. The summed E-state index contributed by atoms with van der Waals surface area (Å²) in [7, 11) is 1.64. The lowest BCUT2D eigenvalue weighted by molar-refractivity contribution is 0.427. The Morgan fingerprint density at radius 3 is 2.93 bits per heavy atom. The van der Waals surface area contributed by atoms with Crippen LogP contribution in [0.1, 0.15) is 16.6 Å². The molecule has 0 radical (unpaired) electrons. The molecule has 1 atom stereocenters. The molecular weight excluding hydrogens is 218 g/mol. The number of nitrogens with zero attached hydrogens (tertiary/aromatic N) is 2. The van der Waals surface area contributed by atoms with Gasteiger partial charge in [0.15, 0.2) is 5.06 Å². The molecule has 0 bridgehead atoms. The number of thiophene rings is 1. The molecule has 0 aliphatic heterocycles. The quantitative estimate of drug-likeness (QED) is 0.866. The van der Waals surface area contributed by atoms with Gasteiger partial charge in [0.1, 0.15) is 0 Å². The molecule has 2 rings (SSSR count). The van der Waals surface area contributed by atoms with Crippen LogP contribution in [0.15, 0.2) is 17.5 Å². The third-order valence-corrected chi connectivity index (χ3v) is 3.46. The summed E-state index contributed by atoms with van der Waals surface area (Å²) in [5, 5.41) is 6.65. The van der Waals surface area contributed by atoms with Gasteiger partial charge in [0, 0.05) is 10.3 Å². The number of rotatable bonds is 3. The molecule has 0 aliphatic carbocycles. The second-order valence-corrected chi connectivity index (χ2v) is 4.36. The Morgan fingerprint density at radius 2 is 2.36 bits per heavy atom. The largest absolute Gasteiger partial charge is 0.487 e. The van der Waals surface area contributed by atoms with Crippen molar-refractivity contribution in [2.75, 3.05) is 7.11 Å². The number of ether oxygens (including phenoxy) is 1. The monoisotopic (exact) mass is 227 g/mol. The summed E-state index contributed by atoms with van der Waals surface area (Å²) in [6, 6.07) is 3.66. The average molecular weight is 227 g/mol. The molecule has 0 saturated carbocycles. The maximum Gasteiger partial charge on any atom is 0.173 e.